The normalized spacial score (nSPS) is 12.7. The van der Waals surface area contributed by atoms with E-state index in [2.05, 4.69) is 10.4 Å². The zero-order chi connectivity index (χ0) is 13.3. The van der Waals surface area contributed by atoms with Gasteiger partial charge in [0.25, 0.3) is 0 Å². The van der Waals surface area contributed by atoms with Crippen LogP contribution in [-0.2, 0) is 7.05 Å². The number of nitrogens with zero attached hydrogens (tertiary/aromatic N) is 2. The molecule has 1 unspecified atom stereocenters. The van der Waals surface area contributed by atoms with Crippen LogP contribution in [-0.4, -0.2) is 16.8 Å². The van der Waals surface area contributed by atoms with E-state index < -0.39 is 0 Å². The highest BCUT2D eigenvalue weighted by atomic mass is 35.5. The summed E-state index contributed by atoms with van der Waals surface area (Å²) in [5.41, 5.74) is 3.16. The molecule has 1 heterocycles. The Bertz CT molecular complexity index is 563. The Hall–Kier alpha value is -1.03. The molecule has 3 nitrogen and oxygen atoms in total. The van der Waals surface area contributed by atoms with Crippen LogP contribution >= 0.6 is 23.2 Å². The topological polar surface area (TPSA) is 29.9 Å². The predicted molar refractivity (Wildman–Crippen MR) is 75.3 cm³/mol. The average molecular weight is 284 g/mol. The summed E-state index contributed by atoms with van der Waals surface area (Å²) in [5, 5.41) is 8.90. The number of aromatic nitrogens is 2. The third kappa shape index (κ3) is 2.39. The highest BCUT2D eigenvalue weighted by Crippen LogP contribution is 2.31. The maximum atomic E-state index is 6.25. The molecule has 1 N–H and O–H groups in total. The van der Waals surface area contributed by atoms with Gasteiger partial charge in [0, 0.05) is 28.4 Å². The van der Waals surface area contributed by atoms with E-state index in [1.165, 1.54) is 0 Å². The Morgan fingerprint density at radius 2 is 2.00 bits per heavy atom. The number of hydrogen-bond acceptors (Lipinski definition) is 2. The van der Waals surface area contributed by atoms with Crippen LogP contribution in [0.3, 0.4) is 0 Å². The zero-order valence-electron chi connectivity index (χ0n) is 10.5. The molecule has 5 heteroatoms. The van der Waals surface area contributed by atoms with Crippen LogP contribution in [0, 0.1) is 6.92 Å². The summed E-state index contributed by atoms with van der Waals surface area (Å²) in [5.74, 6) is 0. The molecule has 1 aromatic carbocycles. The Kier molecular flexibility index (Phi) is 3.95. The van der Waals surface area contributed by atoms with E-state index in [1.54, 1.807) is 6.07 Å². The van der Waals surface area contributed by atoms with Gasteiger partial charge in [-0.2, -0.15) is 5.10 Å². The van der Waals surface area contributed by atoms with Crippen molar-refractivity contribution in [1.82, 2.24) is 15.1 Å². The molecule has 2 aromatic rings. The first kappa shape index (κ1) is 13.4. The second-order valence-corrected chi connectivity index (χ2v) is 5.04. The van der Waals surface area contributed by atoms with Crippen molar-refractivity contribution in [3.05, 3.63) is 51.3 Å². The van der Waals surface area contributed by atoms with Gasteiger partial charge in [-0.05, 0) is 37.7 Å². The van der Waals surface area contributed by atoms with Crippen LogP contribution in [0.4, 0.5) is 0 Å². The molecule has 0 saturated heterocycles. The summed E-state index contributed by atoms with van der Waals surface area (Å²) < 4.78 is 1.85. The number of nitrogens with one attached hydrogen (secondary N) is 1. The molecule has 0 fully saturated rings. The van der Waals surface area contributed by atoms with Gasteiger partial charge in [0.2, 0.25) is 0 Å². The lowest BCUT2D eigenvalue weighted by atomic mass is 9.99. The first-order valence-electron chi connectivity index (χ1n) is 5.65. The van der Waals surface area contributed by atoms with E-state index >= 15 is 0 Å². The molecule has 0 aliphatic heterocycles. The van der Waals surface area contributed by atoms with E-state index in [0.717, 1.165) is 16.8 Å². The van der Waals surface area contributed by atoms with Gasteiger partial charge < -0.3 is 5.32 Å². The van der Waals surface area contributed by atoms with Crippen LogP contribution in [0.25, 0.3) is 0 Å². The fraction of sp³-hybridized carbons (Fsp3) is 0.308. The van der Waals surface area contributed by atoms with Gasteiger partial charge >= 0.3 is 0 Å². The van der Waals surface area contributed by atoms with Gasteiger partial charge in [0.15, 0.2) is 0 Å². The molecule has 0 amide bonds. The van der Waals surface area contributed by atoms with Crippen molar-refractivity contribution >= 4 is 23.2 Å². The SMILES string of the molecule is CNC(c1cc(Cl)ccc1Cl)c1cnn(C)c1C. The van der Waals surface area contributed by atoms with Gasteiger partial charge in [0.1, 0.15) is 0 Å². The summed E-state index contributed by atoms with van der Waals surface area (Å²) in [6, 6.07) is 5.48. The number of hydrogen-bond donors (Lipinski definition) is 1. The van der Waals surface area contributed by atoms with Gasteiger partial charge in [-0.25, -0.2) is 0 Å². The van der Waals surface area contributed by atoms with Crippen LogP contribution < -0.4 is 5.32 Å². The molecular formula is C13H15Cl2N3. The molecule has 0 spiro atoms. The van der Waals surface area contributed by atoms with Crippen molar-refractivity contribution < 1.29 is 0 Å². The van der Waals surface area contributed by atoms with E-state index in [-0.39, 0.29) is 6.04 Å². The fourth-order valence-corrected chi connectivity index (χ4v) is 2.42. The second kappa shape index (κ2) is 5.31. The highest BCUT2D eigenvalue weighted by molar-refractivity contribution is 6.33. The summed E-state index contributed by atoms with van der Waals surface area (Å²) in [7, 11) is 3.82. The number of benzene rings is 1. The molecule has 2 rings (SSSR count). The first-order chi connectivity index (χ1) is 8.54. The largest absolute Gasteiger partial charge is 0.309 e. The number of rotatable bonds is 3. The maximum absolute atomic E-state index is 6.25. The van der Waals surface area contributed by atoms with Crippen molar-refractivity contribution in [1.29, 1.82) is 0 Å². The predicted octanol–water partition coefficient (Wildman–Crippen LogP) is 3.34. The molecule has 0 aliphatic carbocycles. The van der Waals surface area contributed by atoms with Gasteiger partial charge in [0.05, 0.1) is 12.2 Å². The van der Waals surface area contributed by atoms with E-state index in [1.807, 2.05) is 44.0 Å². The quantitative estimate of drug-likeness (QED) is 0.936. The number of halogens is 2. The van der Waals surface area contributed by atoms with Crippen molar-refractivity contribution in [2.45, 2.75) is 13.0 Å². The molecule has 0 bridgehead atoms. The van der Waals surface area contributed by atoms with Gasteiger partial charge in [-0.1, -0.05) is 23.2 Å². The monoisotopic (exact) mass is 283 g/mol. The summed E-state index contributed by atoms with van der Waals surface area (Å²) in [6.07, 6.45) is 1.85. The molecule has 0 radical (unpaired) electrons. The lowest BCUT2D eigenvalue weighted by molar-refractivity contribution is 0.679. The summed E-state index contributed by atoms with van der Waals surface area (Å²) >= 11 is 12.3. The average Bonchev–Trinajstić information content (AvgIpc) is 2.67. The molecule has 0 saturated carbocycles. The van der Waals surface area contributed by atoms with Crippen LogP contribution in [0.15, 0.2) is 24.4 Å². The van der Waals surface area contributed by atoms with Gasteiger partial charge in [-0.15, -0.1) is 0 Å². The fourth-order valence-electron chi connectivity index (χ4n) is 2.01. The Morgan fingerprint density at radius 1 is 1.28 bits per heavy atom. The van der Waals surface area contributed by atoms with E-state index in [0.29, 0.717) is 10.0 Å². The Balaban J connectivity index is 2.51. The molecule has 0 aliphatic rings. The lowest BCUT2D eigenvalue weighted by Gasteiger charge is -2.18. The van der Waals surface area contributed by atoms with Crippen molar-refractivity contribution in [3.8, 4) is 0 Å². The van der Waals surface area contributed by atoms with Crippen molar-refractivity contribution in [3.63, 3.8) is 0 Å². The Labute approximate surface area is 117 Å². The third-order valence-corrected chi connectivity index (χ3v) is 3.72. The number of aryl methyl sites for hydroxylation is 1. The lowest BCUT2D eigenvalue weighted by Crippen LogP contribution is -2.18. The minimum absolute atomic E-state index is 0.00935. The highest BCUT2D eigenvalue weighted by Gasteiger charge is 2.19. The molecule has 1 aromatic heterocycles. The Morgan fingerprint density at radius 3 is 2.56 bits per heavy atom. The standard InChI is InChI=1S/C13H15Cl2N3/c1-8-11(7-17-18(8)3)13(16-2)10-6-9(14)4-5-12(10)15/h4-7,13,16H,1-3H3. The minimum atomic E-state index is -0.00935. The molecule has 18 heavy (non-hydrogen) atoms. The molecular weight excluding hydrogens is 269 g/mol. The summed E-state index contributed by atoms with van der Waals surface area (Å²) in [6.45, 7) is 2.03. The van der Waals surface area contributed by atoms with E-state index in [9.17, 15) is 0 Å². The maximum Gasteiger partial charge on any atom is 0.0623 e. The summed E-state index contributed by atoms with van der Waals surface area (Å²) in [4.78, 5) is 0. The molecule has 1 atom stereocenters. The van der Waals surface area contributed by atoms with E-state index in [4.69, 9.17) is 23.2 Å². The van der Waals surface area contributed by atoms with Crippen molar-refractivity contribution in [2.24, 2.45) is 7.05 Å². The molecule has 96 valence electrons. The zero-order valence-corrected chi connectivity index (χ0v) is 12.0. The van der Waals surface area contributed by atoms with Crippen LogP contribution in [0.2, 0.25) is 10.0 Å². The second-order valence-electron chi connectivity index (χ2n) is 4.20. The van der Waals surface area contributed by atoms with Crippen LogP contribution in [0.1, 0.15) is 22.9 Å². The third-order valence-electron chi connectivity index (χ3n) is 3.14. The first-order valence-corrected chi connectivity index (χ1v) is 6.41. The van der Waals surface area contributed by atoms with Crippen molar-refractivity contribution in [2.75, 3.05) is 7.05 Å². The van der Waals surface area contributed by atoms with Gasteiger partial charge in [-0.3, -0.25) is 4.68 Å². The van der Waals surface area contributed by atoms with Crippen LogP contribution in [0.5, 0.6) is 0 Å². The smallest absolute Gasteiger partial charge is 0.0623 e. The minimum Gasteiger partial charge on any atom is -0.309 e.